The first-order chi connectivity index (χ1) is 7.49. The van der Waals surface area contributed by atoms with Crippen LogP contribution < -0.4 is 10.6 Å². The number of hydrogen-bond acceptors (Lipinski definition) is 1. The minimum Gasteiger partial charge on any atom is -0.314 e. The van der Waals surface area contributed by atoms with E-state index in [-0.39, 0.29) is 6.03 Å². The second-order valence-electron chi connectivity index (χ2n) is 3.44. The molecule has 0 aliphatic heterocycles. The van der Waals surface area contributed by atoms with Gasteiger partial charge in [0.25, 0.3) is 0 Å². The van der Waals surface area contributed by atoms with Crippen molar-refractivity contribution in [3.8, 4) is 0 Å². The Labute approximate surface area is 104 Å². The number of halogens is 2. The fourth-order valence-electron chi connectivity index (χ4n) is 0.959. The van der Waals surface area contributed by atoms with E-state index < -0.39 is 0 Å². The smallest absolute Gasteiger partial charge is 0.314 e. The number of allylic oxidation sites excluding steroid dienone is 1. The van der Waals surface area contributed by atoms with Gasteiger partial charge in [0, 0.05) is 11.2 Å². The van der Waals surface area contributed by atoms with E-state index in [9.17, 15) is 4.79 Å². The van der Waals surface area contributed by atoms with E-state index in [1.165, 1.54) is 0 Å². The van der Waals surface area contributed by atoms with E-state index in [1.54, 1.807) is 24.4 Å². The maximum Gasteiger partial charge on any atom is 0.323 e. The predicted molar refractivity (Wildman–Crippen MR) is 68.0 cm³/mol. The number of carbonyl (C=O) groups is 1. The maximum absolute atomic E-state index is 11.4. The molecule has 16 heavy (non-hydrogen) atoms. The van der Waals surface area contributed by atoms with Gasteiger partial charge in [-0.3, -0.25) is 0 Å². The van der Waals surface area contributed by atoms with E-state index in [2.05, 4.69) is 10.6 Å². The van der Waals surface area contributed by atoms with Crippen LogP contribution in [0.2, 0.25) is 10.0 Å². The molecule has 0 radical (unpaired) electrons. The van der Waals surface area contributed by atoms with Crippen LogP contribution in [0.3, 0.4) is 0 Å². The van der Waals surface area contributed by atoms with Gasteiger partial charge >= 0.3 is 6.03 Å². The normalized spacial score (nSPS) is 9.50. The molecule has 1 rings (SSSR count). The zero-order chi connectivity index (χ0) is 12.1. The Morgan fingerprint density at radius 2 is 2.00 bits per heavy atom. The van der Waals surface area contributed by atoms with E-state index >= 15 is 0 Å². The molecule has 0 bridgehead atoms. The number of hydrogen-bond donors (Lipinski definition) is 2. The summed E-state index contributed by atoms with van der Waals surface area (Å²) in [6, 6.07) is 4.53. The second-order valence-corrected chi connectivity index (χ2v) is 4.29. The Morgan fingerprint density at radius 3 is 2.56 bits per heavy atom. The van der Waals surface area contributed by atoms with E-state index in [4.69, 9.17) is 23.2 Å². The van der Waals surface area contributed by atoms with Crippen molar-refractivity contribution in [3.63, 3.8) is 0 Å². The minimum absolute atomic E-state index is 0.342. The van der Waals surface area contributed by atoms with Crippen molar-refractivity contribution >= 4 is 34.9 Å². The standard InChI is InChI=1S/C11H12Cl2N2O/c1-7(2)6-14-11(16)15-10-4-3-8(12)5-9(10)13/h3-6H,1-2H3,(H2,14,15,16). The molecule has 0 atom stereocenters. The monoisotopic (exact) mass is 258 g/mol. The molecule has 0 fully saturated rings. The Hall–Kier alpha value is -1.19. The second kappa shape index (κ2) is 5.77. The summed E-state index contributed by atoms with van der Waals surface area (Å²) < 4.78 is 0. The lowest BCUT2D eigenvalue weighted by Gasteiger charge is -2.07. The largest absolute Gasteiger partial charge is 0.323 e. The Kier molecular flexibility index (Phi) is 4.65. The van der Waals surface area contributed by atoms with E-state index in [0.717, 1.165) is 5.57 Å². The summed E-state index contributed by atoms with van der Waals surface area (Å²) in [5.41, 5.74) is 1.52. The third-order valence-electron chi connectivity index (χ3n) is 1.67. The third-order valence-corrected chi connectivity index (χ3v) is 2.22. The number of benzene rings is 1. The fraction of sp³-hybridized carbons (Fsp3) is 0.182. The highest BCUT2D eigenvalue weighted by molar-refractivity contribution is 6.36. The zero-order valence-corrected chi connectivity index (χ0v) is 10.5. The van der Waals surface area contributed by atoms with Crippen LogP contribution in [0, 0.1) is 0 Å². The molecule has 0 spiro atoms. The van der Waals surface area contributed by atoms with Crippen LogP contribution in [0.1, 0.15) is 13.8 Å². The summed E-state index contributed by atoms with van der Waals surface area (Å²) in [6.07, 6.45) is 1.61. The molecular weight excluding hydrogens is 247 g/mol. The molecule has 2 amide bonds. The zero-order valence-electron chi connectivity index (χ0n) is 8.97. The molecule has 5 heteroatoms. The van der Waals surface area contributed by atoms with Gasteiger partial charge < -0.3 is 10.6 Å². The molecule has 0 aliphatic carbocycles. The lowest BCUT2D eigenvalue weighted by Crippen LogP contribution is -2.24. The number of anilines is 1. The molecule has 0 unspecified atom stereocenters. The average Bonchev–Trinajstić information content (AvgIpc) is 2.19. The Morgan fingerprint density at radius 1 is 1.31 bits per heavy atom. The van der Waals surface area contributed by atoms with Crippen molar-refractivity contribution in [1.29, 1.82) is 0 Å². The molecule has 0 heterocycles. The lowest BCUT2D eigenvalue weighted by atomic mass is 10.3. The molecule has 0 aliphatic rings. The minimum atomic E-state index is -0.342. The average molecular weight is 259 g/mol. The molecule has 0 saturated heterocycles. The third kappa shape index (κ3) is 4.13. The fourth-order valence-corrected chi connectivity index (χ4v) is 1.41. The molecule has 0 saturated carbocycles. The van der Waals surface area contributed by atoms with Crippen LogP contribution in [-0.2, 0) is 0 Å². The van der Waals surface area contributed by atoms with Gasteiger partial charge in [-0.15, -0.1) is 0 Å². The van der Waals surface area contributed by atoms with Gasteiger partial charge in [-0.2, -0.15) is 0 Å². The van der Waals surface area contributed by atoms with Crippen molar-refractivity contribution in [2.75, 3.05) is 5.32 Å². The van der Waals surface area contributed by atoms with Crippen molar-refractivity contribution in [3.05, 3.63) is 40.0 Å². The number of urea groups is 1. The summed E-state index contributed by atoms with van der Waals surface area (Å²) >= 11 is 11.6. The van der Waals surface area contributed by atoms with Gasteiger partial charge in [-0.1, -0.05) is 28.8 Å². The molecular formula is C11H12Cl2N2O. The summed E-state index contributed by atoms with van der Waals surface area (Å²) in [7, 11) is 0. The summed E-state index contributed by atoms with van der Waals surface area (Å²) in [5, 5.41) is 6.11. The van der Waals surface area contributed by atoms with Gasteiger partial charge in [-0.05, 0) is 32.0 Å². The predicted octanol–water partition coefficient (Wildman–Crippen LogP) is 4.04. The van der Waals surface area contributed by atoms with Gasteiger partial charge in [0.2, 0.25) is 0 Å². The topological polar surface area (TPSA) is 41.1 Å². The maximum atomic E-state index is 11.4. The highest BCUT2D eigenvalue weighted by atomic mass is 35.5. The van der Waals surface area contributed by atoms with Crippen molar-refractivity contribution in [2.45, 2.75) is 13.8 Å². The van der Waals surface area contributed by atoms with Crippen LogP contribution in [0.4, 0.5) is 10.5 Å². The van der Waals surface area contributed by atoms with Crippen molar-refractivity contribution in [1.82, 2.24) is 5.32 Å². The van der Waals surface area contributed by atoms with Crippen molar-refractivity contribution in [2.24, 2.45) is 0 Å². The lowest BCUT2D eigenvalue weighted by molar-refractivity contribution is 0.255. The number of rotatable bonds is 2. The van der Waals surface area contributed by atoms with Crippen LogP contribution in [0.15, 0.2) is 30.0 Å². The van der Waals surface area contributed by atoms with E-state index in [0.29, 0.717) is 15.7 Å². The number of carbonyl (C=O) groups excluding carboxylic acids is 1. The van der Waals surface area contributed by atoms with Gasteiger partial charge in [-0.25, -0.2) is 4.79 Å². The molecule has 3 nitrogen and oxygen atoms in total. The number of nitrogens with one attached hydrogen (secondary N) is 2. The summed E-state index contributed by atoms with van der Waals surface area (Å²) in [6.45, 7) is 3.77. The van der Waals surface area contributed by atoms with Crippen LogP contribution in [0.25, 0.3) is 0 Å². The molecule has 1 aromatic carbocycles. The summed E-state index contributed by atoms with van der Waals surface area (Å²) in [4.78, 5) is 11.4. The SMILES string of the molecule is CC(C)=CNC(=O)Nc1ccc(Cl)cc1Cl. The number of amides is 2. The Bertz CT molecular complexity index is 426. The first kappa shape index (κ1) is 12.9. The molecule has 1 aromatic rings. The molecule has 86 valence electrons. The first-order valence-electron chi connectivity index (χ1n) is 4.65. The highest BCUT2D eigenvalue weighted by Crippen LogP contribution is 2.25. The first-order valence-corrected chi connectivity index (χ1v) is 5.40. The summed E-state index contributed by atoms with van der Waals surface area (Å²) in [5.74, 6) is 0. The van der Waals surface area contributed by atoms with Crippen molar-refractivity contribution < 1.29 is 4.79 Å². The quantitative estimate of drug-likeness (QED) is 0.826. The van der Waals surface area contributed by atoms with E-state index in [1.807, 2.05) is 13.8 Å². The van der Waals surface area contributed by atoms with Crippen LogP contribution in [-0.4, -0.2) is 6.03 Å². The van der Waals surface area contributed by atoms with Crippen LogP contribution >= 0.6 is 23.2 Å². The molecule has 2 N–H and O–H groups in total. The molecule has 0 aromatic heterocycles. The highest BCUT2D eigenvalue weighted by Gasteiger charge is 2.04. The van der Waals surface area contributed by atoms with Gasteiger partial charge in [0.15, 0.2) is 0 Å². The Balaban J connectivity index is 2.66. The van der Waals surface area contributed by atoms with Gasteiger partial charge in [0.1, 0.15) is 0 Å². The van der Waals surface area contributed by atoms with Crippen LogP contribution in [0.5, 0.6) is 0 Å². The van der Waals surface area contributed by atoms with Gasteiger partial charge in [0.05, 0.1) is 10.7 Å².